The maximum atomic E-state index is 9.77. The molecule has 0 aromatic heterocycles. The SMILES string of the molecule is CC.CC1(C)CC(C#N)C(C)(C)N1O. The molecule has 1 aliphatic rings. The lowest BCUT2D eigenvalue weighted by Crippen LogP contribution is -2.47. The Morgan fingerprint density at radius 1 is 1.29 bits per heavy atom. The monoisotopic (exact) mass is 198 g/mol. The predicted octanol–water partition coefficient (Wildman–Crippen LogP) is 2.80. The fourth-order valence-electron chi connectivity index (χ4n) is 1.97. The van der Waals surface area contributed by atoms with Crippen molar-refractivity contribution in [1.29, 1.82) is 5.26 Å². The summed E-state index contributed by atoms with van der Waals surface area (Å²) in [7, 11) is 0. The van der Waals surface area contributed by atoms with Crippen molar-refractivity contribution < 1.29 is 5.21 Å². The largest absolute Gasteiger partial charge is 0.313 e. The van der Waals surface area contributed by atoms with Crippen LogP contribution in [0.1, 0.15) is 48.0 Å². The highest BCUT2D eigenvalue weighted by Crippen LogP contribution is 2.42. The molecule has 0 aromatic carbocycles. The van der Waals surface area contributed by atoms with E-state index in [1.807, 2.05) is 41.5 Å². The van der Waals surface area contributed by atoms with E-state index in [1.54, 1.807) is 0 Å². The van der Waals surface area contributed by atoms with Gasteiger partial charge in [-0.05, 0) is 34.1 Å². The number of nitrogens with zero attached hydrogens (tertiary/aromatic N) is 2. The van der Waals surface area contributed by atoms with Crippen molar-refractivity contribution in [1.82, 2.24) is 5.06 Å². The standard InChI is InChI=1S/C9H16N2O.C2H6/c1-8(2)5-7(6-10)9(3,4)11(8)12;1-2/h7,12H,5H2,1-4H3;1-2H3. The van der Waals surface area contributed by atoms with Crippen LogP contribution in [0.3, 0.4) is 0 Å². The minimum absolute atomic E-state index is 0.0856. The highest BCUT2D eigenvalue weighted by molar-refractivity contribution is 5.09. The van der Waals surface area contributed by atoms with E-state index in [0.717, 1.165) is 6.42 Å². The zero-order valence-electron chi connectivity index (χ0n) is 10.1. The summed E-state index contributed by atoms with van der Waals surface area (Å²) in [6, 6.07) is 2.24. The first kappa shape index (κ1) is 13.4. The maximum Gasteiger partial charge on any atom is 0.0683 e. The number of nitriles is 1. The second kappa shape index (κ2) is 4.29. The summed E-state index contributed by atoms with van der Waals surface area (Å²) < 4.78 is 0. The van der Waals surface area contributed by atoms with Crippen LogP contribution in [0, 0.1) is 17.2 Å². The Balaban J connectivity index is 0.000000791. The van der Waals surface area contributed by atoms with Crippen LogP contribution in [0.25, 0.3) is 0 Å². The molecular formula is C11H22N2O. The molecule has 3 heteroatoms. The molecule has 0 aliphatic carbocycles. The predicted molar refractivity (Wildman–Crippen MR) is 56.9 cm³/mol. The van der Waals surface area contributed by atoms with Gasteiger partial charge in [0.05, 0.1) is 17.5 Å². The normalized spacial score (nSPS) is 28.9. The van der Waals surface area contributed by atoms with Gasteiger partial charge in [0.2, 0.25) is 0 Å². The second-order valence-corrected chi connectivity index (χ2v) is 4.66. The fourth-order valence-corrected chi connectivity index (χ4v) is 1.97. The molecule has 0 radical (unpaired) electrons. The van der Waals surface area contributed by atoms with Crippen LogP contribution in [0.2, 0.25) is 0 Å². The smallest absolute Gasteiger partial charge is 0.0683 e. The molecule has 1 rings (SSSR count). The van der Waals surface area contributed by atoms with Crippen molar-refractivity contribution in [2.24, 2.45) is 5.92 Å². The molecule has 1 N–H and O–H groups in total. The van der Waals surface area contributed by atoms with E-state index in [4.69, 9.17) is 5.26 Å². The van der Waals surface area contributed by atoms with Crippen molar-refractivity contribution in [3.63, 3.8) is 0 Å². The quantitative estimate of drug-likeness (QED) is 0.651. The van der Waals surface area contributed by atoms with Gasteiger partial charge in [-0.3, -0.25) is 0 Å². The van der Waals surface area contributed by atoms with Crippen LogP contribution in [-0.2, 0) is 0 Å². The second-order valence-electron chi connectivity index (χ2n) is 4.66. The Kier molecular flexibility index (Phi) is 4.11. The van der Waals surface area contributed by atoms with Gasteiger partial charge in [-0.15, -0.1) is 0 Å². The maximum absolute atomic E-state index is 9.77. The Bertz CT molecular complexity index is 228. The topological polar surface area (TPSA) is 47.3 Å². The van der Waals surface area contributed by atoms with E-state index in [0.29, 0.717) is 0 Å². The van der Waals surface area contributed by atoms with Crippen molar-refractivity contribution in [2.75, 3.05) is 0 Å². The molecule has 1 saturated heterocycles. The van der Waals surface area contributed by atoms with Gasteiger partial charge < -0.3 is 5.21 Å². The Labute approximate surface area is 87.3 Å². The van der Waals surface area contributed by atoms with Crippen molar-refractivity contribution in [3.8, 4) is 6.07 Å². The molecule has 0 saturated carbocycles. The summed E-state index contributed by atoms with van der Waals surface area (Å²) in [6.45, 7) is 11.7. The molecule has 3 nitrogen and oxygen atoms in total. The number of hydroxylamine groups is 2. The van der Waals surface area contributed by atoms with Gasteiger partial charge in [-0.2, -0.15) is 10.3 Å². The first-order valence-corrected chi connectivity index (χ1v) is 5.21. The van der Waals surface area contributed by atoms with Gasteiger partial charge in [-0.25, -0.2) is 0 Å². The minimum atomic E-state index is -0.418. The first-order valence-electron chi connectivity index (χ1n) is 5.21. The Morgan fingerprint density at radius 3 is 1.86 bits per heavy atom. The molecule has 1 aliphatic heterocycles. The van der Waals surface area contributed by atoms with E-state index in [1.165, 1.54) is 5.06 Å². The molecule has 0 aromatic rings. The van der Waals surface area contributed by atoms with Gasteiger partial charge in [0.15, 0.2) is 0 Å². The molecule has 14 heavy (non-hydrogen) atoms. The van der Waals surface area contributed by atoms with Gasteiger partial charge in [0, 0.05) is 5.54 Å². The van der Waals surface area contributed by atoms with Gasteiger partial charge in [-0.1, -0.05) is 13.8 Å². The van der Waals surface area contributed by atoms with Crippen LogP contribution >= 0.6 is 0 Å². The van der Waals surface area contributed by atoms with Crippen LogP contribution in [0.15, 0.2) is 0 Å². The summed E-state index contributed by atoms with van der Waals surface area (Å²) >= 11 is 0. The average molecular weight is 198 g/mol. The van der Waals surface area contributed by atoms with Gasteiger partial charge >= 0.3 is 0 Å². The fraction of sp³-hybridized carbons (Fsp3) is 0.909. The van der Waals surface area contributed by atoms with Crippen LogP contribution in [-0.4, -0.2) is 21.3 Å². The van der Waals surface area contributed by atoms with Crippen molar-refractivity contribution >= 4 is 0 Å². The zero-order chi connectivity index (χ0) is 11.6. The van der Waals surface area contributed by atoms with E-state index in [2.05, 4.69) is 6.07 Å². The third-order valence-electron chi connectivity index (χ3n) is 2.83. The van der Waals surface area contributed by atoms with Crippen molar-refractivity contribution in [2.45, 2.75) is 59.0 Å². The van der Waals surface area contributed by atoms with Gasteiger partial charge in [0.25, 0.3) is 0 Å². The van der Waals surface area contributed by atoms with E-state index in [-0.39, 0.29) is 11.5 Å². The minimum Gasteiger partial charge on any atom is -0.313 e. The molecule has 1 atom stereocenters. The molecule has 0 amide bonds. The Hall–Kier alpha value is -0.590. The average Bonchev–Trinajstić information content (AvgIpc) is 2.29. The molecule has 1 unspecified atom stereocenters. The first-order chi connectivity index (χ1) is 6.32. The summed E-state index contributed by atoms with van der Waals surface area (Å²) in [5.74, 6) is -0.0856. The number of hydrogen-bond acceptors (Lipinski definition) is 3. The summed E-state index contributed by atoms with van der Waals surface area (Å²) in [5, 5.41) is 19.9. The lowest BCUT2D eigenvalue weighted by Gasteiger charge is -2.34. The van der Waals surface area contributed by atoms with E-state index in [9.17, 15) is 5.21 Å². The van der Waals surface area contributed by atoms with Crippen LogP contribution < -0.4 is 0 Å². The van der Waals surface area contributed by atoms with Gasteiger partial charge in [0.1, 0.15) is 0 Å². The lowest BCUT2D eigenvalue weighted by atomic mass is 9.88. The highest BCUT2D eigenvalue weighted by Gasteiger charge is 2.51. The third-order valence-corrected chi connectivity index (χ3v) is 2.83. The summed E-state index contributed by atoms with van der Waals surface area (Å²) in [4.78, 5) is 0. The van der Waals surface area contributed by atoms with Crippen LogP contribution in [0.5, 0.6) is 0 Å². The molecule has 0 bridgehead atoms. The number of rotatable bonds is 0. The van der Waals surface area contributed by atoms with Crippen LogP contribution in [0.4, 0.5) is 0 Å². The summed E-state index contributed by atoms with van der Waals surface area (Å²) in [6.07, 6.45) is 0.729. The molecule has 1 heterocycles. The third kappa shape index (κ3) is 2.08. The molecular weight excluding hydrogens is 176 g/mol. The zero-order valence-corrected chi connectivity index (χ0v) is 10.1. The highest BCUT2D eigenvalue weighted by atomic mass is 16.5. The Morgan fingerprint density at radius 2 is 1.71 bits per heavy atom. The lowest BCUT2D eigenvalue weighted by molar-refractivity contribution is -0.194. The summed E-state index contributed by atoms with van der Waals surface area (Å²) in [5.41, 5.74) is -0.692. The van der Waals surface area contributed by atoms with Crippen molar-refractivity contribution in [3.05, 3.63) is 0 Å². The molecule has 1 fully saturated rings. The van der Waals surface area contributed by atoms with E-state index < -0.39 is 5.54 Å². The molecule has 0 spiro atoms. The van der Waals surface area contributed by atoms with E-state index >= 15 is 0 Å². The number of hydrogen-bond donors (Lipinski definition) is 1. The molecule has 82 valence electrons.